The summed E-state index contributed by atoms with van der Waals surface area (Å²) in [7, 11) is 0. The number of nitrogens with zero attached hydrogens (tertiary/aromatic N) is 2. The van der Waals surface area contributed by atoms with Gasteiger partial charge in [0.25, 0.3) is 0 Å². The van der Waals surface area contributed by atoms with Crippen LogP contribution in [0, 0.1) is 20.8 Å². The molecule has 146 valence electrons. The van der Waals surface area contributed by atoms with Crippen LogP contribution in [0.25, 0.3) is 11.0 Å². The summed E-state index contributed by atoms with van der Waals surface area (Å²) in [5, 5.41) is 3.11. The van der Waals surface area contributed by atoms with E-state index in [0.717, 1.165) is 33.7 Å². The van der Waals surface area contributed by atoms with Gasteiger partial charge in [-0.05, 0) is 49.6 Å². The number of amides is 1. The van der Waals surface area contributed by atoms with Gasteiger partial charge in [-0.25, -0.2) is 4.98 Å². The monoisotopic (exact) mass is 383 g/mol. The highest BCUT2D eigenvalue weighted by Gasteiger charge is 2.15. The number of rotatable bonds is 5. The van der Waals surface area contributed by atoms with E-state index in [9.17, 15) is 4.79 Å². The number of aryl methyl sites for hydroxylation is 3. The number of fused-ring (bicyclic) bond motifs is 1. The van der Waals surface area contributed by atoms with Crippen LogP contribution in [0.4, 0.5) is 5.69 Å². The molecule has 1 amide bonds. The lowest BCUT2D eigenvalue weighted by atomic mass is 10.1. The predicted molar refractivity (Wildman–Crippen MR) is 118 cm³/mol. The Kier molecular flexibility index (Phi) is 5.17. The van der Waals surface area contributed by atoms with Crippen LogP contribution in [-0.2, 0) is 17.8 Å². The lowest BCUT2D eigenvalue weighted by Gasteiger charge is -2.14. The molecule has 0 bridgehead atoms. The summed E-state index contributed by atoms with van der Waals surface area (Å²) in [4.78, 5) is 17.8. The van der Waals surface area contributed by atoms with Crippen LogP contribution >= 0.6 is 0 Å². The molecule has 0 radical (unpaired) electrons. The third-order valence-corrected chi connectivity index (χ3v) is 5.18. The fourth-order valence-corrected chi connectivity index (χ4v) is 3.91. The molecule has 0 spiro atoms. The average molecular weight is 383 g/mol. The van der Waals surface area contributed by atoms with Crippen LogP contribution in [0.5, 0.6) is 0 Å². The van der Waals surface area contributed by atoms with E-state index in [-0.39, 0.29) is 12.5 Å². The summed E-state index contributed by atoms with van der Waals surface area (Å²) in [6, 6.07) is 22.4. The number of nitrogens with one attached hydrogen (secondary N) is 1. The average Bonchev–Trinajstić information content (AvgIpc) is 3.02. The number of para-hydroxylation sites is 2. The number of imidazole rings is 1. The van der Waals surface area contributed by atoms with Crippen molar-refractivity contribution >= 4 is 22.6 Å². The van der Waals surface area contributed by atoms with Gasteiger partial charge in [-0.1, -0.05) is 60.2 Å². The van der Waals surface area contributed by atoms with Crippen molar-refractivity contribution in [3.63, 3.8) is 0 Å². The summed E-state index contributed by atoms with van der Waals surface area (Å²) in [5.74, 6) is 0.849. The molecule has 0 atom stereocenters. The number of hydrogen-bond acceptors (Lipinski definition) is 2. The molecule has 3 aromatic carbocycles. The number of anilines is 1. The third-order valence-electron chi connectivity index (χ3n) is 5.18. The minimum Gasteiger partial charge on any atom is -0.324 e. The second kappa shape index (κ2) is 7.92. The van der Waals surface area contributed by atoms with Gasteiger partial charge < -0.3 is 9.88 Å². The largest absolute Gasteiger partial charge is 0.324 e. The first-order valence-corrected chi connectivity index (χ1v) is 9.87. The van der Waals surface area contributed by atoms with E-state index < -0.39 is 0 Å². The van der Waals surface area contributed by atoms with Crippen LogP contribution in [0.2, 0.25) is 0 Å². The van der Waals surface area contributed by atoms with Gasteiger partial charge in [0.05, 0.1) is 11.0 Å². The zero-order chi connectivity index (χ0) is 20.4. The number of hydrogen-bond donors (Lipinski definition) is 1. The van der Waals surface area contributed by atoms with E-state index in [0.29, 0.717) is 6.42 Å². The zero-order valence-corrected chi connectivity index (χ0v) is 17.1. The van der Waals surface area contributed by atoms with Crippen molar-refractivity contribution in [1.82, 2.24) is 9.55 Å². The van der Waals surface area contributed by atoms with Crippen molar-refractivity contribution in [1.29, 1.82) is 0 Å². The molecular formula is C25H25N3O. The van der Waals surface area contributed by atoms with E-state index in [1.807, 2.05) is 60.9 Å². The Balaban J connectivity index is 1.65. The standard InChI is InChI=1S/C25H25N3O/c1-17-13-18(2)25(19(3)14-17)27-24(29)16-28-22-12-8-7-11-21(22)26-23(28)15-20-9-5-4-6-10-20/h4-14H,15-16H2,1-3H3,(H,27,29). The second-order valence-corrected chi connectivity index (χ2v) is 7.59. The first kappa shape index (κ1) is 18.9. The highest BCUT2D eigenvalue weighted by Crippen LogP contribution is 2.23. The van der Waals surface area contributed by atoms with Crippen molar-refractivity contribution < 1.29 is 4.79 Å². The smallest absolute Gasteiger partial charge is 0.244 e. The Morgan fingerprint density at radius 3 is 2.31 bits per heavy atom. The maximum Gasteiger partial charge on any atom is 0.244 e. The fourth-order valence-electron chi connectivity index (χ4n) is 3.91. The SMILES string of the molecule is Cc1cc(C)c(NC(=O)Cn2c(Cc3ccccc3)nc3ccccc32)c(C)c1. The third kappa shape index (κ3) is 4.06. The van der Waals surface area contributed by atoms with Crippen LogP contribution in [0.15, 0.2) is 66.7 Å². The lowest BCUT2D eigenvalue weighted by molar-refractivity contribution is -0.116. The van der Waals surface area contributed by atoms with Gasteiger partial charge in [0, 0.05) is 12.1 Å². The summed E-state index contributed by atoms with van der Waals surface area (Å²) in [6.07, 6.45) is 0.686. The molecule has 1 N–H and O–H groups in total. The maximum absolute atomic E-state index is 13.0. The Morgan fingerprint density at radius 2 is 1.59 bits per heavy atom. The molecule has 0 saturated heterocycles. The molecule has 0 fully saturated rings. The van der Waals surface area contributed by atoms with Gasteiger partial charge in [0.1, 0.15) is 12.4 Å². The highest BCUT2D eigenvalue weighted by atomic mass is 16.1. The van der Waals surface area contributed by atoms with Gasteiger partial charge >= 0.3 is 0 Å². The van der Waals surface area contributed by atoms with Crippen LogP contribution < -0.4 is 5.32 Å². The quantitative estimate of drug-likeness (QED) is 0.515. The lowest BCUT2D eigenvalue weighted by Crippen LogP contribution is -2.21. The molecule has 4 heteroatoms. The molecule has 0 saturated carbocycles. The summed E-state index contributed by atoms with van der Waals surface area (Å²) in [6.45, 7) is 6.36. The van der Waals surface area contributed by atoms with Crippen molar-refractivity contribution in [3.05, 3.63) is 94.8 Å². The molecule has 29 heavy (non-hydrogen) atoms. The fraction of sp³-hybridized carbons (Fsp3) is 0.200. The minimum absolute atomic E-state index is 0.0440. The summed E-state index contributed by atoms with van der Waals surface area (Å²) >= 11 is 0. The topological polar surface area (TPSA) is 46.9 Å². The molecule has 1 heterocycles. The highest BCUT2D eigenvalue weighted by molar-refractivity contribution is 5.93. The molecule has 0 unspecified atom stereocenters. The Hall–Kier alpha value is -3.40. The van der Waals surface area contributed by atoms with E-state index in [1.165, 1.54) is 11.1 Å². The summed E-state index contributed by atoms with van der Waals surface area (Å²) in [5.41, 5.74) is 7.32. The number of carbonyl (C=O) groups excluding carboxylic acids is 1. The van der Waals surface area contributed by atoms with Gasteiger partial charge in [-0.15, -0.1) is 0 Å². The van der Waals surface area contributed by atoms with E-state index in [1.54, 1.807) is 0 Å². The van der Waals surface area contributed by atoms with Crippen LogP contribution in [-0.4, -0.2) is 15.5 Å². The molecule has 4 aromatic rings. The first-order chi connectivity index (χ1) is 14.0. The second-order valence-electron chi connectivity index (χ2n) is 7.59. The van der Waals surface area contributed by atoms with Crippen LogP contribution in [0.3, 0.4) is 0 Å². The van der Waals surface area contributed by atoms with Crippen LogP contribution in [0.1, 0.15) is 28.1 Å². The van der Waals surface area contributed by atoms with Crippen molar-refractivity contribution in [3.8, 4) is 0 Å². The first-order valence-electron chi connectivity index (χ1n) is 9.87. The van der Waals surface area contributed by atoms with Crippen molar-refractivity contribution in [2.24, 2.45) is 0 Å². The van der Waals surface area contributed by atoms with Crippen molar-refractivity contribution in [2.45, 2.75) is 33.7 Å². The molecule has 1 aromatic heterocycles. The van der Waals surface area contributed by atoms with E-state index in [2.05, 4.69) is 36.5 Å². The van der Waals surface area contributed by atoms with Gasteiger partial charge in [0.2, 0.25) is 5.91 Å². The van der Waals surface area contributed by atoms with Gasteiger partial charge in [-0.2, -0.15) is 0 Å². The normalized spacial score (nSPS) is 11.0. The molecule has 4 rings (SSSR count). The van der Waals surface area contributed by atoms with Gasteiger partial charge in [0.15, 0.2) is 0 Å². The molecule has 0 aliphatic heterocycles. The molecule has 0 aliphatic rings. The maximum atomic E-state index is 13.0. The Labute approximate surface area is 171 Å². The number of carbonyl (C=O) groups is 1. The predicted octanol–water partition coefficient (Wildman–Crippen LogP) is 5.19. The molecule has 0 aliphatic carbocycles. The Morgan fingerprint density at radius 1 is 0.931 bits per heavy atom. The number of benzene rings is 3. The van der Waals surface area contributed by atoms with E-state index in [4.69, 9.17) is 4.98 Å². The Bertz CT molecular complexity index is 1150. The zero-order valence-electron chi connectivity index (χ0n) is 17.1. The van der Waals surface area contributed by atoms with Crippen molar-refractivity contribution in [2.75, 3.05) is 5.32 Å². The molecule has 4 nitrogen and oxygen atoms in total. The van der Waals surface area contributed by atoms with E-state index >= 15 is 0 Å². The molecular weight excluding hydrogens is 358 g/mol. The minimum atomic E-state index is -0.0440. The number of aromatic nitrogens is 2. The van der Waals surface area contributed by atoms with Gasteiger partial charge in [-0.3, -0.25) is 4.79 Å². The summed E-state index contributed by atoms with van der Waals surface area (Å²) < 4.78 is 2.02.